The highest BCUT2D eigenvalue weighted by molar-refractivity contribution is 6.31. The number of aliphatic hydroxyl groups excluding tert-OH is 1. The lowest BCUT2D eigenvalue weighted by molar-refractivity contribution is 0.143. The van der Waals surface area contributed by atoms with Crippen molar-refractivity contribution in [3.8, 4) is 0 Å². The normalized spacial score (nSPS) is 14.1. The fraction of sp³-hybridized carbons (Fsp3) is 0.200. The van der Waals surface area contributed by atoms with E-state index in [1.165, 1.54) is 42.5 Å². The van der Waals surface area contributed by atoms with Crippen molar-refractivity contribution in [2.75, 3.05) is 6.54 Å². The van der Waals surface area contributed by atoms with E-state index in [0.717, 1.165) is 0 Å². The summed E-state index contributed by atoms with van der Waals surface area (Å²) in [5.74, 6) is -1.54. The van der Waals surface area contributed by atoms with Gasteiger partial charge < -0.3 is 10.8 Å². The number of hydrogen-bond acceptors (Lipinski definition) is 2. The second kappa shape index (κ2) is 6.31. The van der Waals surface area contributed by atoms with Crippen molar-refractivity contribution in [3.05, 3.63) is 70.2 Å². The Balaban J connectivity index is 2.39. The molecule has 2 aromatic carbocycles. The van der Waals surface area contributed by atoms with Crippen LogP contribution in [0.15, 0.2) is 42.5 Å². The Bertz CT molecular complexity index is 569. The van der Waals surface area contributed by atoms with Gasteiger partial charge in [-0.15, -0.1) is 0 Å². The van der Waals surface area contributed by atoms with Gasteiger partial charge in [0.15, 0.2) is 0 Å². The van der Waals surface area contributed by atoms with E-state index in [9.17, 15) is 13.9 Å². The van der Waals surface area contributed by atoms with Gasteiger partial charge in [0, 0.05) is 23.0 Å². The zero-order valence-electron chi connectivity index (χ0n) is 10.6. The first kappa shape index (κ1) is 14.9. The lowest BCUT2D eigenvalue weighted by atomic mass is 9.89. The smallest absolute Gasteiger partial charge is 0.130 e. The van der Waals surface area contributed by atoms with E-state index in [4.69, 9.17) is 17.3 Å². The van der Waals surface area contributed by atoms with Crippen molar-refractivity contribution >= 4 is 11.6 Å². The third-order valence-corrected chi connectivity index (χ3v) is 3.56. The van der Waals surface area contributed by atoms with Crippen LogP contribution in [0.2, 0.25) is 5.02 Å². The van der Waals surface area contributed by atoms with Gasteiger partial charge >= 0.3 is 0 Å². The monoisotopic (exact) mass is 297 g/mol. The Morgan fingerprint density at radius 2 is 1.75 bits per heavy atom. The summed E-state index contributed by atoms with van der Waals surface area (Å²) in [5.41, 5.74) is 6.30. The average molecular weight is 298 g/mol. The molecule has 0 aliphatic rings. The van der Waals surface area contributed by atoms with Crippen LogP contribution in [0.5, 0.6) is 0 Å². The lowest BCUT2D eigenvalue weighted by Gasteiger charge is -2.23. The van der Waals surface area contributed by atoms with Crippen molar-refractivity contribution in [1.82, 2.24) is 0 Å². The van der Waals surface area contributed by atoms with Crippen LogP contribution in [0.3, 0.4) is 0 Å². The Hall–Kier alpha value is -1.49. The zero-order chi connectivity index (χ0) is 14.7. The summed E-state index contributed by atoms with van der Waals surface area (Å²) >= 11 is 5.94. The molecule has 2 rings (SSSR count). The number of halogens is 3. The topological polar surface area (TPSA) is 46.2 Å². The minimum atomic E-state index is -1.20. The molecule has 2 aromatic rings. The molecule has 2 atom stereocenters. The molecule has 0 aliphatic heterocycles. The van der Waals surface area contributed by atoms with Crippen LogP contribution in [0.25, 0.3) is 0 Å². The van der Waals surface area contributed by atoms with Crippen LogP contribution in [0.1, 0.15) is 23.1 Å². The van der Waals surface area contributed by atoms with Gasteiger partial charge in [0.05, 0.1) is 6.10 Å². The van der Waals surface area contributed by atoms with Crippen molar-refractivity contribution in [2.45, 2.75) is 12.0 Å². The Morgan fingerprint density at radius 1 is 1.10 bits per heavy atom. The number of nitrogens with two attached hydrogens (primary N) is 1. The van der Waals surface area contributed by atoms with Gasteiger partial charge in [-0.2, -0.15) is 0 Å². The van der Waals surface area contributed by atoms with E-state index in [0.29, 0.717) is 5.56 Å². The van der Waals surface area contributed by atoms with Crippen molar-refractivity contribution in [3.63, 3.8) is 0 Å². The summed E-state index contributed by atoms with van der Waals surface area (Å²) in [6.45, 7) is 0.0808. The van der Waals surface area contributed by atoms with Gasteiger partial charge in [-0.05, 0) is 29.8 Å². The van der Waals surface area contributed by atoms with Crippen LogP contribution < -0.4 is 5.73 Å². The molecule has 2 nitrogen and oxygen atoms in total. The third-order valence-electron chi connectivity index (χ3n) is 3.23. The maximum absolute atomic E-state index is 13.8. The molecule has 20 heavy (non-hydrogen) atoms. The third kappa shape index (κ3) is 2.98. The quantitative estimate of drug-likeness (QED) is 0.908. The molecule has 0 aromatic heterocycles. The largest absolute Gasteiger partial charge is 0.388 e. The Kier molecular flexibility index (Phi) is 4.70. The zero-order valence-corrected chi connectivity index (χ0v) is 11.3. The highest BCUT2D eigenvalue weighted by Gasteiger charge is 2.26. The van der Waals surface area contributed by atoms with Gasteiger partial charge in [-0.1, -0.05) is 29.8 Å². The van der Waals surface area contributed by atoms with Gasteiger partial charge in [0.1, 0.15) is 11.6 Å². The molecule has 0 saturated heterocycles. The van der Waals surface area contributed by atoms with Crippen LogP contribution in [-0.4, -0.2) is 11.7 Å². The first-order valence-corrected chi connectivity index (χ1v) is 6.50. The predicted molar refractivity (Wildman–Crippen MR) is 74.6 cm³/mol. The van der Waals surface area contributed by atoms with E-state index in [-0.39, 0.29) is 22.9 Å². The molecule has 0 bridgehead atoms. The number of aliphatic hydroxyl groups is 1. The Labute approximate surface area is 120 Å². The maximum Gasteiger partial charge on any atom is 0.130 e. The molecule has 0 aliphatic carbocycles. The number of hydrogen-bond donors (Lipinski definition) is 2. The Morgan fingerprint density at radius 3 is 2.30 bits per heavy atom. The predicted octanol–water partition coefficient (Wildman–Crippen LogP) is 3.39. The second-order valence-corrected chi connectivity index (χ2v) is 4.88. The molecular formula is C15H14ClF2NO. The molecule has 3 N–H and O–H groups in total. The second-order valence-electron chi connectivity index (χ2n) is 4.47. The highest BCUT2D eigenvalue weighted by Crippen LogP contribution is 2.35. The van der Waals surface area contributed by atoms with Crippen LogP contribution >= 0.6 is 11.6 Å². The minimum Gasteiger partial charge on any atom is -0.388 e. The van der Waals surface area contributed by atoms with Gasteiger partial charge in [-0.25, -0.2) is 8.78 Å². The molecular weight excluding hydrogens is 284 g/mol. The van der Waals surface area contributed by atoms with Gasteiger partial charge in [-0.3, -0.25) is 0 Å². The summed E-state index contributed by atoms with van der Waals surface area (Å²) in [6.07, 6.45) is -1.20. The molecule has 0 saturated carbocycles. The SMILES string of the molecule is NCC(c1ccc(F)cc1)C(O)c1c(F)cccc1Cl. The summed E-state index contributed by atoms with van der Waals surface area (Å²) < 4.78 is 26.8. The lowest BCUT2D eigenvalue weighted by Crippen LogP contribution is -2.21. The van der Waals surface area contributed by atoms with Crippen molar-refractivity contribution in [2.24, 2.45) is 5.73 Å². The number of rotatable bonds is 4. The van der Waals surface area contributed by atoms with E-state index >= 15 is 0 Å². The van der Waals surface area contributed by atoms with Gasteiger partial charge in [0.2, 0.25) is 0 Å². The van der Waals surface area contributed by atoms with E-state index in [1.807, 2.05) is 0 Å². The molecule has 0 spiro atoms. The van der Waals surface area contributed by atoms with Crippen LogP contribution in [-0.2, 0) is 0 Å². The fourth-order valence-corrected chi connectivity index (χ4v) is 2.43. The summed E-state index contributed by atoms with van der Waals surface area (Å²) in [6, 6.07) is 9.77. The minimum absolute atomic E-state index is 0.00828. The van der Waals surface area contributed by atoms with Gasteiger partial charge in [0.25, 0.3) is 0 Å². The van der Waals surface area contributed by atoms with E-state index in [1.54, 1.807) is 0 Å². The molecule has 2 unspecified atom stereocenters. The average Bonchev–Trinajstić information content (AvgIpc) is 2.41. The maximum atomic E-state index is 13.8. The first-order chi connectivity index (χ1) is 9.54. The molecule has 106 valence electrons. The first-order valence-electron chi connectivity index (χ1n) is 6.12. The van der Waals surface area contributed by atoms with E-state index < -0.39 is 17.8 Å². The number of benzene rings is 2. The van der Waals surface area contributed by atoms with Crippen molar-refractivity contribution < 1.29 is 13.9 Å². The summed E-state index contributed by atoms with van der Waals surface area (Å²) in [5, 5.41) is 10.5. The molecule has 0 radical (unpaired) electrons. The molecule has 5 heteroatoms. The van der Waals surface area contributed by atoms with Crippen LogP contribution in [0, 0.1) is 11.6 Å². The fourth-order valence-electron chi connectivity index (χ4n) is 2.15. The molecule has 0 heterocycles. The van der Waals surface area contributed by atoms with E-state index in [2.05, 4.69) is 0 Å². The summed E-state index contributed by atoms with van der Waals surface area (Å²) in [7, 11) is 0. The standard InChI is InChI=1S/C15H14ClF2NO/c16-12-2-1-3-13(18)14(12)15(20)11(8-19)9-4-6-10(17)7-5-9/h1-7,11,15,20H,8,19H2. The van der Waals surface area contributed by atoms with Crippen LogP contribution in [0.4, 0.5) is 8.78 Å². The van der Waals surface area contributed by atoms with Crippen molar-refractivity contribution in [1.29, 1.82) is 0 Å². The molecule has 0 amide bonds. The molecule has 0 fully saturated rings. The highest BCUT2D eigenvalue weighted by atomic mass is 35.5. The summed E-state index contributed by atoms with van der Waals surface area (Å²) in [4.78, 5) is 0.